The van der Waals surface area contributed by atoms with E-state index in [1.807, 2.05) is 0 Å². The number of H-pyrrole nitrogens is 1. The van der Waals surface area contributed by atoms with Gasteiger partial charge >= 0.3 is 5.69 Å². The molecule has 1 aliphatic heterocycles. The number of carbonyl (C=O) groups excluding carboxylic acids is 1. The molecular weight excluding hydrogens is 340 g/mol. The first kappa shape index (κ1) is 19.8. The van der Waals surface area contributed by atoms with E-state index in [1.165, 1.54) is 10.8 Å². The molecule has 1 aromatic rings. The van der Waals surface area contributed by atoms with Gasteiger partial charge in [0.05, 0.1) is 12.7 Å². The Hall–Kier alpha value is -1.51. The van der Waals surface area contributed by atoms with Crippen LogP contribution in [0.5, 0.6) is 0 Å². The molecule has 2 heterocycles. The molecule has 1 aromatic heterocycles. The number of ether oxygens (including phenoxy) is 1. The van der Waals surface area contributed by atoms with Crippen LogP contribution in [-0.2, 0) is 14.9 Å². The third-order valence-corrected chi connectivity index (χ3v) is 12.3. The summed E-state index contributed by atoms with van der Waals surface area (Å²) in [6, 6.07) is 0. The average Bonchev–Trinajstić information content (AvgIpc) is 2.90. The van der Waals surface area contributed by atoms with Crippen LogP contribution in [0.2, 0.25) is 18.1 Å². The fourth-order valence-corrected chi connectivity index (χ4v) is 6.56. The third-order valence-electron chi connectivity index (χ3n) is 6.05. The zero-order valence-corrected chi connectivity index (χ0v) is 16.8. The number of aryl methyl sites for hydroxylation is 1. The lowest BCUT2D eigenvalue weighted by Crippen LogP contribution is -2.64. The molecule has 25 heavy (non-hydrogen) atoms. The molecule has 2 N–H and O–H groups in total. The summed E-state index contributed by atoms with van der Waals surface area (Å²) in [6.07, 6.45) is 1.96. The number of aldehydes is 1. The summed E-state index contributed by atoms with van der Waals surface area (Å²) in [6.45, 7) is 11.8. The molecule has 8 heteroatoms. The first-order chi connectivity index (χ1) is 11.4. The van der Waals surface area contributed by atoms with Crippen molar-refractivity contribution in [1.29, 1.82) is 0 Å². The quantitative estimate of drug-likeness (QED) is 0.613. The Labute approximate surface area is 148 Å². The smallest absolute Gasteiger partial charge is 0.330 e. The van der Waals surface area contributed by atoms with E-state index >= 15 is 0 Å². The van der Waals surface area contributed by atoms with Crippen LogP contribution < -0.4 is 11.2 Å². The minimum atomic E-state index is -2.40. The molecule has 0 aromatic carbocycles. The topological polar surface area (TPSA) is 101 Å². The summed E-state index contributed by atoms with van der Waals surface area (Å²) in [4.78, 5) is 38.3. The number of aliphatic hydroxyl groups is 1. The van der Waals surface area contributed by atoms with Crippen LogP contribution in [0.3, 0.4) is 0 Å². The number of aliphatic hydroxyl groups excluding tert-OH is 1. The second-order valence-corrected chi connectivity index (χ2v) is 14.0. The van der Waals surface area contributed by atoms with Gasteiger partial charge in [0.2, 0.25) is 0 Å². The van der Waals surface area contributed by atoms with Crippen molar-refractivity contribution in [2.24, 2.45) is 5.92 Å². The van der Waals surface area contributed by atoms with Crippen molar-refractivity contribution >= 4 is 14.4 Å². The molecular formula is C17H28N2O5Si. The second kappa shape index (κ2) is 6.33. The summed E-state index contributed by atoms with van der Waals surface area (Å²) in [5, 5.41) is 8.48. The molecule has 7 nitrogen and oxygen atoms in total. The average molecular weight is 369 g/mol. The molecule has 0 spiro atoms. The largest absolute Gasteiger partial charge is 0.394 e. The number of hydrogen-bond donors (Lipinski definition) is 2. The van der Waals surface area contributed by atoms with Crippen molar-refractivity contribution in [3.8, 4) is 0 Å². The maximum absolute atomic E-state index is 12.6. The highest BCUT2D eigenvalue weighted by atomic mass is 28.3. The van der Waals surface area contributed by atoms with E-state index in [1.54, 1.807) is 6.92 Å². The molecule has 140 valence electrons. The second-order valence-electron chi connectivity index (χ2n) is 8.44. The molecule has 1 aliphatic rings. The van der Waals surface area contributed by atoms with Crippen molar-refractivity contribution in [2.75, 3.05) is 6.61 Å². The lowest BCUT2D eigenvalue weighted by Gasteiger charge is -2.50. The van der Waals surface area contributed by atoms with E-state index in [2.05, 4.69) is 38.8 Å². The fraction of sp³-hybridized carbons (Fsp3) is 0.706. The lowest BCUT2D eigenvalue weighted by molar-refractivity contribution is -0.114. The Kier molecular flexibility index (Phi) is 5.02. The van der Waals surface area contributed by atoms with Crippen molar-refractivity contribution in [1.82, 2.24) is 9.55 Å². The van der Waals surface area contributed by atoms with E-state index in [9.17, 15) is 19.5 Å². The van der Waals surface area contributed by atoms with Gasteiger partial charge in [-0.05, 0) is 12.0 Å². The Morgan fingerprint density at radius 3 is 2.48 bits per heavy atom. The van der Waals surface area contributed by atoms with Crippen LogP contribution in [0, 0.1) is 12.8 Å². The molecule has 0 saturated carbocycles. The van der Waals surface area contributed by atoms with Crippen LogP contribution in [-0.4, -0.2) is 41.7 Å². The number of rotatable bonds is 4. The van der Waals surface area contributed by atoms with Crippen LogP contribution in [0.25, 0.3) is 0 Å². The molecule has 3 atom stereocenters. The van der Waals surface area contributed by atoms with E-state index < -0.39 is 36.7 Å². The highest BCUT2D eigenvalue weighted by Crippen LogP contribution is 2.52. The fourth-order valence-electron chi connectivity index (χ4n) is 3.43. The van der Waals surface area contributed by atoms with Gasteiger partial charge in [0.1, 0.15) is 19.7 Å². The van der Waals surface area contributed by atoms with Gasteiger partial charge < -0.3 is 14.6 Å². The Morgan fingerprint density at radius 2 is 2.04 bits per heavy atom. The number of carbonyl (C=O) groups is 1. The summed E-state index contributed by atoms with van der Waals surface area (Å²) >= 11 is 0. The minimum absolute atomic E-state index is 0.158. The monoisotopic (exact) mass is 368 g/mol. The van der Waals surface area contributed by atoms with Crippen molar-refractivity contribution in [3.63, 3.8) is 0 Å². The number of aromatic amines is 1. The normalized spacial score (nSPS) is 27.5. The van der Waals surface area contributed by atoms with Crippen molar-refractivity contribution in [3.05, 3.63) is 32.6 Å². The minimum Gasteiger partial charge on any atom is -0.394 e. The summed E-state index contributed by atoms with van der Waals surface area (Å²) in [5.41, 5.74) is -0.588. The first-order valence-electron chi connectivity index (χ1n) is 8.48. The van der Waals surface area contributed by atoms with Gasteiger partial charge in [-0.1, -0.05) is 33.9 Å². The summed E-state index contributed by atoms with van der Waals surface area (Å²) < 4.78 is 7.73. The Morgan fingerprint density at radius 1 is 1.44 bits per heavy atom. The predicted octanol–water partition coefficient (Wildman–Crippen LogP) is 1.14. The maximum atomic E-state index is 12.6. The van der Waals surface area contributed by atoms with E-state index in [4.69, 9.17) is 4.74 Å². The number of nitrogens with one attached hydrogen (secondary N) is 1. The zero-order chi connectivity index (χ0) is 19.2. The standard InChI is InChI=1S/C17H28N2O5Si/c1-11-8-19(15(23)18-14(11)22)17(25(5,6)16(2,3)4)7-12(9-20)13(10-21)24-17/h8-9,12-13,21H,7,10H2,1-6H3,(H,18,22,23)/t12?,13-,17+/m1/s1. The first-order valence-corrected chi connectivity index (χ1v) is 11.5. The van der Waals surface area contributed by atoms with Crippen LogP contribution in [0.4, 0.5) is 0 Å². The molecule has 0 amide bonds. The highest BCUT2D eigenvalue weighted by molar-refractivity contribution is 6.81. The summed E-state index contributed by atoms with van der Waals surface area (Å²) in [7, 11) is -2.40. The van der Waals surface area contributed by atoms with E-state index in [0.29, 0.717) is 12.0 Å². The highest BCUT2D eigenvalue weighted by Gasteiger charge is 2.61. The predicted molar refractivity (Wildman–Crippen MR) is 97.4 cm³/mol. The van der Waals surface area contributed by atoms with Gasteiger partial charge in [-0.25, -0.2) is 4.79 Å². The molecule has 2 rings (SSSR count). The third kappa shape index (κ3) is 2.96. The molecule has 1 saturated heterocycles. The molecule has 1 unspecified atom stereocenters. The molecule has 0 bridgehead atoms. The van der Waals surface area contributed by atoms with E-state index in [0.717, 1.165) is 6.29 Å². The van der Waals surface area contributed by atoms with Crippen molar-refractivity contribution < 1.29 is 14.6 Å². The van der Waals surface area contributed by atoms with Gasteiger partial charge in [-0.3, -0.25) is 14.3 Å². The maximum Gasteiger partial charge on any atom is 0.330 e. The van der Waals surface area contributed by atoms with Gasteiger partial charge in [-0.15, -0.1) is 0 Å². The molecule has 0 aliphatic carbocycles. The molecule has 0 radical (unpaired) electrons. The number of nitrogens with zero attached hydrogens (tertiary/aromatic N) is 1. The Bertz CT molecular complexity index is 776. The zero-order valence-electron chi connectivity index (χ0n) is 15.8. The SMILES string of the molecule is Cc1cn([C@@]2([Si](C)(C)C(C)(C)C)CC(C=O)[C@@H](CO)O2)c(=O)[nH]c1=O. The van der Waals surface area contributed by atoms with Gasteiger partial charge in [0.25, 0.3) is 5.56 Å². The Balaban J connectivity index is 2.80. The van der Waals surface area contributed by atoms with Gasteiger partial charge in [-0.2, -0.15) is 0 Å². The number of hydrogen-bond acceptors (Lipinski definition) is 5. The van der Waals surface area contributed by atoms with Gasteiger partial charge in [0.15, 0.2) is 0 Å². The van der Waals surface area contributed by atoms with Crippen molar-refractivity contribution in [2.45, 2.75) is 63.7 Å². The van der Waals surface area contributed by atoms with Crippen LogP contribution in [0.15, 0.2) is 15.8 Å². The summed E-state index contributed by atoms with van der Waals surface area (Å²) in [5.74, 6) is -0.502. The lowest BCUT2D eigenvalue weighted by atomic mass is 10.0. The van der Waals surface area contributed by atoms with Crippen LogP contribution in [0.1, 0.15) is 32.8 Å². The number of aromatic nitrogens is 2. The molecule has 1 fully saturated rings. The van der Waals surface area contributed by atoms with E-state index in [-0.39, 0.29) is 11.6 Å². The van der Waals surface area contributed by atoms with Crippen LogP contribution >= 0.6 is 0 Å². The van der Waals surface area contributed by atoms with Gasteiger partial charge in [0, 0.05) is 24.1 Å².